The van der Waals surface area contributed by atoms with Crippen molar-refractivity contribution in [2.24, 2.45) is 0 Å². The summed E-state index contributed by atoms with van der Waals surface area (Å²) >= 11 is 0. The molecule has 0 spiro atoms. The van der Waals surface area contributed by atoms with Crippen molar-refractivity contribution in [3.63, 3.8) is 0 Å². The van der Waals surface area contributed by atoms with Crippen LogP contribution in [0.3, 0.4) is 0 Å². The molecule has 3 aromatic rings. The van der Waals surface area contributed by atoms with E-state index in [1.807, 2.05) is 30.3 Å². The van der Waals surface area contributed by atoms with E-state index in [4.69, 9.17) is 0 Å². The van der Waals surface area contributed by atoms with E-state index in [1.54, 1.807) is 36.5 Å². The molecule has 0 aliphatic rings. The number of aromatic nitrogens is 1. The number of nitrogens with zero attached hydrogens (tertiary/aromatic N) is 1. The van der Waals surface area contributed by atoms with Gasteiger partial charge in [-0.05, 0) is 29.8 Å². The molecule has 0 bridgehead atoms. The van der Waals surface area contributed by atoms with Crippen molar-refractivity contribution in [3.05, 3.63) is 72.4 Å². The normalized spacial score (nSPS) is 13.0. The second-order valence-electron chi connectivity index (χ2n) is 5.85. The Labute approximate surface area is 153 Å². The molecular formula is C19H21N3O3S. The molecule has 26 heavy (non-hydrogen) atoms. The topological polar surface area (TPSA) is 91.3 Å². The van der Waals surface area contributed by atoms with Crippen LogP contribution < -0.4 is 10.0 Å². The molecule has 1 atom stereocenters. The highest BCUT2D eigenvalue weighted by molar-refractivity contribution is 7.89. The molecule has 3 N–H and O–H groups in total. The number of sulfonamides is 1. The van der Waals surface area contributed by atoms with Crippen LogP contribution in [0.15, 0.2) is 71.8 Å². The predicted molar refractivity (Wildman–Crippen MR) is 101 cm³/mol. The van der Waals surface area contributed by atoms with E-state index in [0.717, 1.165) is 5.56 Å². The van der Waals surface area contributed by atoms with Gasteiger partial charge in [0.1, 0.15) is 0 Å². The van der Waals surface area contributed by atoms with E-state index in [0.29, 0.717) is 24.0 Å². The molecule has 0 fully saturated rings. The summed E-state index contributed by atoms with van der Waals surface area (Å²) < 4.78 is 27.7. The summed E-state index contributed by atoms with van der Waals surface area (Å²) in [5.74, 6) is 0. The van der Waals surface area contributed by atoms with Crippen LogP contribution in [0.4, 0.5) is 0 Å². The molecule has 0 amide bonds. The molecule has 6 nitrogen and oxygen atoms in total. The van der Waals surface area contributed by atoms with Crippen molar-refractivity contribution in [1.29, 1.82) is 0 Å². The molecule has 1 heterocycles. The molecule has 1 unspecified atom stereocenters. The average molecular weight is 371 g/mol. The van der Waals surface area contributed by atoms with Gasteiger partial charge in [-0.3, -0.25) is 4.98 Å². The van der Waals surface area contributed by atoms with Gasteiger partial charge in [-0.15, -0.1) is 0 Å². The molecule has 0 aliphatic carbocycles. The summed E-state index contributed by atoms with van der Waals surface area (Å²) in [7, 11) is -3.63. The minimum absolute atomic E-state index is 0.215. The first-order valence-electron chi connectivity index (χ1n) is 8.35. The predicted octanol–water partition coefficient (Wildman–Crippen LogP) is 1.84. The van der Waals surface area contributed by atoms with Crippen molar-refractivity contribution >= 4 is 20.9 Å². The third kappa shape index (κ3) is 4.44. The summed E-state index contributed by atoms with van der Waals surface area (Å²) in [4.78, 5) is 4.40. The van der Waals surface area contributed by atoms with Gasteiger partial charge in [-0.25, -0.2) is 13.1 Å². The zero-order valence-electron chi connectivity index (χ0n) is 14.2. The standard InChI is InChI=1S/C19H21N3O3S/c23-18(15-6-2-1-3-7-15)14-20-12-13-22-26(24,25)19-10-4-9-17-16(19)8-5-11-21-17/h1-11,18,20,22-23H,12-14H2. The molecule has 3 rings (SSSR count). The van der Waals surface area contributed by atoms with E-state index in [2.05, 4.69) is 15.0 Å². The van der Waals surface area contributed by atoms with Gasteiger partial charge in [-0.1, -0.05) is 36.4 Å². The van der Waals surface area contributed by atoms with Crippen molar-refractivity contribution < 1.29 is 13.5 Å². The zero-order chi connectivity index (χ0) is 18.4. The van der Waals surface area contributed by atoms with Crippen molar-refractivity contribution in [2.45, 2.75) is 11.0 Å². The Morgan fingerprint density at radius 3 is 2.58 bits per heavy atom. The number of benzene rings is 2. The van der Waals surface area contributed by atoms with Gasteiger partial charge in [-0.2, -0.15) is 0 Å². The maximum Gasteiger partial charge on any atom is 0.241 e. The summed E-state index contributed by atoms with van der Waals surface area (Å²) in [5.41, 5.74) is 1.46. The molecule has 0 saturated carbocycles. The number of fused-ring (bicyclic) bond motifs is 1. The monoisotopic (exact) mass is 371 g/mol. The van der Waals surface area contributed by atoms with E-state index in [-0.39, 0.29) is 11.4 Å². The Kier molecular flexibility index (Phi) is 5.95. The van der Waals surface area contributed by atoms with Crippen LogP contribution in [-0.2, 0) is 10.0 Å². The first-order valence-corrected chi connectivity index (χ1v) is 9.83. The summed E-state index contributed by atoms with van der Waals surface area (Å²) in [6.45, 7) is 0.983. The molecule has 0 aliphatic heterocycles. The Morgan fingerprint density at radius 1 is 0.962 bits per heavy atom. The highest BCUT2D eigenvalue weighted by Crippen LogP contribution is 2.20. The van der Waals surface area contributed by atoms with Gasteiger partial charge in [0.05, 0.1) is 16.5 Å². The van der Waals surface area contributed by atoms with Gasteiger partial charge in [0.25, 0.3) is 0 Å². The quantitative estimate of drug-likeness (QED) is 0.526. The zero-order valence-corrected chi connectivity index (χ0v) is 15.0. The van der Waals surface area contributed by atoms with Crippen LogP contribution in [-0.4, -0.2) is 38.1 Å². The lowest BCUT2D eigenvalue weighted by Gasteiger charge is -2.13. The fourth-order valence-electron chi connectivity index (χ4n) is 2.69. The maximum absolute atomic E-state index is 12.5. The van der Waals surface area contributed by atoms with Gasteiger partial charge in [0, 0.05) is 31.2 Å². The molecule has 2 aromatic carbocycles. The lowest BCUT2D eigenvalue weighted by Crippen LogP contribution is -2.33. The number of hydrogen-bond acceptors (Lipinski definition) is 5. The number of aliphatic hydroxyl groups excluding tert-OH is 1. The fourth-order valence-corrected chi connectivity index (χ4v) is 3.94. The summed E-state index contributed by atoms with van der Waals surface area (Å²) in [5, 5.41) is 13.7. The Balaban J connectivity index is 1.54. The number of rotatable bonds is 8. The smallest absolute Gasteiger partial charge is 0.241 e. The molecule has 0 radical (unpaired) electrons. The first kappa shape index (κ1) is 18.5. The lowest BCUT2D eigenvalue weighted by molar-refractivity contribution is 0.175. The van der Waals surface area contributed by atoms with Crippen LogP contribution in [0.2, 0.25) is 0 Å². The van der Waals surface area contributed by atoms with Gasteiger partial charge in [0.2, 0.25) is 10.0 Å². The maximum atomic E-state index is 12.5. The third-order valence-corrected chi connectivity index (χ3v) is 5.53. The van der Waals surface area contributed by atoms with Crippen LogP contribution >= 0.6 is 0 Å². The lowest BCUT2D eigenvalue weighted by atomic mass is 10.1. The van der Waals surface area contributed by atoms with Crippen LogP contribution in [0.1, 0.15) is 11.7 Å². The van der Waals surface area contributed by atoms with Crippen LogP contribution in [0, 0.1) is 0 Å². The van der Waals surface area contributed by atoms with Gasteiger partial charge in [0.15, 0.2) is 0 Å². The molecule has 1 aromatic heterocycles. The number of nitrogens with one attached hydrogen (secondary N) is 2. The minimum atomic E-state index is -3.63. The minimum Gasteiger partial charge on any atom is -0.387 e. The Hall–Kier alpha value is -2.32. The number of aliphatic hydroxyl groups is 1. The van der Waals surface area contributed by atoms with Crippen molar-refractivity contribution in [1.82, 2.24) is 15.0 Å². The van der Waals surface area contributed by atoms with E-state index < -0.39 is 16.1 Å². The number of pyridine rings is 1. The third-order valence-electron chi connectivity index (χ3n) is 4.01. The number of hydrogen-bond donors (Lipinski definition) is 3. The van der Waals surface area contributed by atoms with Crippen LogP contribution in [0.5, 0.6) is 0 Å². The van der Waals surface area contributed by atoms with Gasteiger partial charge < -0.3 is 10.4 Å². The largest absolute Gasteiger partial charge is 0.387 e. The van der Waals surface area contributed by atoms with Crippen molar-refractivity contribution in [3.8, 4) is 0 Å². The summed E-state index contributed by atoms with van der Waals surface area (Å²) in [6.07, 6.45) is 1.01. The van der Waals surface area contributed by atoms with E-state index >= 15 is 0 Å². The van der Waals surface area contributed by atoms with E-state index in [9.17, 15) is 13.5 Å². The second-order valence-corrected chi connectivity index (χ2v) is 7.59. The van der Waals surface area contributed by atoms with Crippen molar-refractivity contribution in [2.75, 3.05) is 19.6 Å². The average Bonchev–Trinajstić information content (AvgIpc) is 2.67. The van der Waals surface area contributed by atoms with Crippen LogP contribution in [0.25, 0.3) is 10.9 Å². The SMILES string of the molecule is O=S(=O)(NCCNCC(O)c1ccccc1)c1cccc2ncccc12. The van der Waals surface area contributed by atoms with E-state index in [1.165, 1.54) is 0 Å². The fraction of sp³-hybridized carbons (Fsp3) is 0.211. The second kappa shape index (κ2) is 8.37. The highest BCUT2D eigenvalue weighted by Gasteiger charge is 2.16. The first-order chi connectivity index (χ1) is 12.6. The van der Waals surface area contributed by atoms with Gasteiger partial charge >= 0.3 is 0 Å². The summed E-state index contributed by atoms with van der Waals surface area (Å²) in [6, 6.07) is 17.8. The Bertz CT molecular complexity index is 957. The Morgan fingerprint density at radius 2 is 1.77 bits per heavy atom. The highest BCUT2D eigenvalue weighted by atomic mass is 32.2. The molecule has 0 saturated heterocycles. The molecule has 136 valence electrons. The molecular weight excluding hydrogens is 350 g/mol. The molecule has 7 heteroatoms.